The summed E-state index contributed by atoms with van der Waals surface area (Å²) in [4.78, 5) is 1.99. The fourth-order valence-corrected chi connectivity index (χ4v) is 3.74. The van der Waals surface area contributed by atoms with Gasteiger partial charge in [-0.15, -0.1) is 0 Å². The largest absolute Gasteiger partial charge is 0.398 e. The van der Waals surface area contributed by atoms with Crippen LogP contribution >= 0.6 is 0 Å². The molecular formula is C15H27N3O2S. The van der Waals surface area contributed by atoms with E-state index in [0.717, 1.165) is 0 Å². The summed E-state index contributed by atoms with van der Waals surface area (Å²) in [5.41, 5.74) is 7.05. The third-order valence-electron chi connectivity index (χ3n) is 3.15. The quantitative estimate of drug-likeness (QED) is 0.741. The van der Waals surface area contributed by atoms with Crippen LogP contribution in [0.2, 0.25) is 0 Å². The number of hydrogen-bond donors (Lipinski definition) is 1. The third-order valence-corrected chi connectivity index (χ3v) is 4.95. The zero-order chi connectivity index (χ0) is 16.0. The molecule has 5 nitrogen and oxygen atoms in total. The molecule has 0 aromatic heterocycles. The van der Waals surface area contributed by atoms with Crippen LogP contribution < -0.4 is 5.73 Å². The molecule has 0 saturated heterocycles. The SMILES string of the molecule is CC(C)CN(CCN(C)C)S(=O)(=O)Cc1ccccc1N. The number of nitrogen functional groups attached to an aromatic ring is 1. The van der Waals surface area contributed by atoms with Gasteiger partial charge in [-0.2, -0.15) is 0 Å². The first-order chi connectivity index (χ1) is 9.72. The molecule has 0 aliphatic heterocycles. The Labute approximate surface area is 128 Å². The molecular weight excluding hydrogens is 286 g/mol. The van der Waals surface area contributed by atoms with E-state index in [9.17, 15) is 8.42 Å². The van der Waals surface area contributed by atoms with Gasteiger partial charge in [0.1, 0.15) is 0 Å². The number of para-hydroxylation sites is 1. The lowest BCUT2D eigenvalue weighted by molar-refractivity contribution is 0.312. The Morgan fingerprint density at radius 1 is 1.14 bits per heavy atom. The molecule has 0 atom stereocenters. The first-order valence-corrected chi connectivity index (χ1v) is 8.79. The smallest absolute Gasteiger partial charge is 0.218 e. The van der Waals surface area contributed by atoms with Crippen molar-refractivity contribution in [2.45, 2.75) is 19.6 Å². The van der Waals surface area contributed by atoms with E-state index in [1.54, 1.807) is 16.4 Å². The number of hydrogen-bond acceptors (Lipinski definition) is 4. The molecule has 21 heavy (non-hydrogen) atoms. The highest BCUT2D eigenvalue weighted by Gasteiger charge is 2.24. The van der Waals surface area contributed by atoms with Crippen LogP contribution in [0.4, 0.5) is 5.69 Å². The van der Waals surface area contributed by atoms with Gasteiger partial charge < -0.3 is 10.6 Å². The summed E-state index contributed by atoms with van der Waals surface area (Å²) in [6.45, 7) is 5.78. The van der Waals surface area contributed by atoms with Crippen molar-refractivity contribution < 1.29 is 8.42 Å². The fourth-order valence-electron chi connectivity index (χ4n) is 2.02. The molecule has 1 rings (SSSR count). The first kappa shape index (κ1) is 17.9. The molecule has 0 spiro atoms. The molecule has 0 amide bonds. The lowest BCUT2D eigenvalue weighted by atomic mass is 10.2. The first-order valence-electron chi connectivity index (χ1n) is 7.18. The Kier molecular flexibility index (Phi) is 6.64. The summed E-state index contributed by atoms with van der Waals surface area (Å²) in [7, 11) is 0.518. The average Bonchev–Trinajstić information content (AvgIpc) is 2.36. The molecule has 0 aliphatic carbocycles. The molecule has 1 aromatic carbocycles. The van der Waals surface area contributed by atoms with Crippen molar-refractivity contribution in [3.05, 3.63) is 29.8 Å². The van der Waals surface area contributed by atoms with Crippen molar-refractivity contribution in [1.29, 1.82) is 0 Å². The molecule has 0 radical (unpaired) electrons. The van der Waals surface area contributed by atoms with Gasteiger partial charge in [0.15, 0.2) is 0 Å². The zero-order valence-electron chi connectivity index (χ0n) is 13.4. The Hall–Kier alpha value is -1.11. The molecule has 0 heterocycles. The zero-order valence-corrected chi connectivity index (χ0v) is 14.2. The fraction of sp³-hybridized carbons (Fsp3) is 0.600. The highest BCUT2D eigenvalue weighted by Crippen LogP contribution is 2.17. The maximum Gasteiger partial charge on any atom is 0.218 e. The summed E-state index contributed by atoms with van der Waals surface area (Å²) in [6.07, 6.45) is 0. The number of benzene rings is 1. The van der Waals surface area contributed by atoms with Crippen LogP contribution in [0.15, 0.2) is 24.3 Å². The minimum atomic E-state index is -3.36. The molecule has 0 bridgehead atoms. The summed E-state index contributed by atoms with van der Waals surface area (Å²) in [5, 5.41) is 0. The van der Waals surface area contributed by atoms with E-state index in [1.807, 2.05) is 45.0 Å². The monoisotopic (exact) mass is 313 g/mol. The van der Waals surface area contributed by atoms with E-state index < -0.39 is 10.0 Å². The van der Waals surface area contributed by atoms with Gasteiger partial charge in [-0.05, 0) is 31.6 Å². The molecule has 1 aromatic rings. The van der Waals surface area contributed by atoms with E-state index in [4.69, 9.17) is 5.73 Å². The van der Waals surface area contributed by atoms with Gasteiger partial charge in [0, 0.05) is 25.3 Å². The van der Waals surface area contributed by atoms with Gasteiger partial charge >= 0.3 is 0 Å². The van der Waals surface area contributed by atoms with Crippen molar-refractivity contribution in [2.24, 2.45) is 5.92 Å². The molecule has 0 unspecified atom stereocenters. The number of sulfonamides is 1. The second kappa shape index (κ2) is 7.77. The number of likely N-dealkylation sites (N-methyl/N-ethyl adjacent to an activating group) is 1. The second-order valence-electron chi connectivity index (χ2n) is 6.01. The Balaban J connectivity index is 2.90. The van der Waals surface area contributed by atoms with Gasteiger partial charge in [0.2, 0.25) is 10.0 Å². The van der Waals surface area contributed by atoms with E-state index >= 15 is 0 Å². The summed E-state index contributed by atoms with van der Waals surface area (Å²) >= 11 is 0. The van der Waals surface area contributed by atoms with Crippen LogP contribution in [-0.2, 0) is 15.8 Å². The topological polar surface area (TPSA) is 66.6 Å². The number of anilines is 1. The van der Waals surface area contributed by atoms with E-state index in [0.29, 0.717) is 30.9 Å². The van der Waals surface area contributed by atoms with E-state index in [2.05, 4.69) is 0 Å². The molecule has 6 heteroatoms. The van der Waals surface area contributed by atoms with Gasteiger partial charge in [-0.1, -0.05) is 32.0 Å². The van der Waals surface area contributed by atoms with Crippen LogP contribution in [0.5, 0.6) is 0 Å². The average molecular weight is 313 g/mol. The summed E-state index contributed by atoms with van der Waals surface area (Å²) in [6, 6.07) is 7.13. The van der Waals surface area contributed by atoms with Crippen LogP contribution in [0.3, 0.4) is 0 Å². The van der Waals surface area contributed by atoms with Crippen molar-refractivity contribution in [1.82, 2.24) is 9.21 Å². The van der Waals surface area contributed by atoms with Gasteiger partial charge in [-0.3, -0.25) is 0 Å². The third kappa shape index (κ3) is 6.03. The van der Waals surface area contributed by atoms with Crippen LogP contribution in [-0.4, -0.2) is 51.4 Å². The van der Waals surface area contributed by atoms with Gasteiger partial charge in [0.25, 0.3) is 0 Å². The molecule has 2 N–H and O–H groups in total. The lowest BCUT2D eigenvalue weighted by Crippen LogP contribution is -2.39. The molecule has 0 fully saturated rings. The molecule has 0 aliphatic rings. The van der Waals surface area contributed by atoms with Gasteiger partial charge in [0.05, 0.1) is 5.75 Å². The molecule has 0 saturated carbocycles. The van der Waals surface area contributed by atoms with Crippen molar-refractivity contribution in [2.75, 3.05) is 39.5 Å². The Morgan fingerprint density at radius 2 is 1.76 bits per heavy atom. The van der Waals surface area contributed by atoms with Gasteiger partial charge in [-0.25, -0.2) is 12.7 Å². The van der Waals surface area contributed by atoms with E-state index in [-0.39, 0.29) is 11.7 Å². The van der Waals surface area contributed by atoms with Crippen molar-refractivity contribution in [3.63, 3.8) is 0 Å². The summed E-state index contributed by atoms with van der Waals surface area (Å²) in [5.74, 6) is 0.245. The normalized spacial score (nSPS) is 12.5. The predicted octanol–water partition coefficient (Wildman–Crippen LogP) is 1.62. The number of nitrogens with zero attached hydrogens (tertiary/aromatic N) is 2. The van der Waals surface area contributed by atoms with Crippen LogP contribution in [0, 0.1) is 5.92 Å². The van der Waals surface area contributed by atoms with Crippen molar-refractivity contribution in [3.8, 4) is 0 Å². The second-order valence-corrected chi connectivity index (χ2v) is 7.98. The number of rotatable bonds is 8. The standard InChI is InChI=1S/C15H27N3O2S/c1-13(2)11-18(10-9-17(3)4)21(19,20)12-14-7-5-6-8-15(14)16/h5-8,13H,9-12,16H2,1-4H3. The van der Waals surface area contributed by atoms with Crippen LogP contribution in [0.1, 0.15) is 19.4 Å². The van der Waals surface area contributed by atoms with Crippen LogP contribution in [0.25, 0.3) is 0 Å². The maximum atomic E-state index is 12.7. The lowest BCUT2D eigenvalue weighted by Gasteiger charge is -2.25. The van der Waals surface area contributed by atoms with E-state index in [1.165, 1.54) is 0 Å². The highest BCUT2D eigenvalue weighted by molar-refractivity contribution is 7.88. The minimum absolute atomic E-state index is 0.0418. The van der Waals surface area contributed by atoms with Crippen molar-refractivity contribution >= 4 is 15.7 Å². The Morgan fingerprint density at radius 3 is 2.29 bits per heavy atom. The minimum Gasteiger partial charge on any atom is -0.398 e. The predicted molar refractivity (Wildman–Crippen MR) is 88.4 cm³/mol. The number of nitrogens with two attached hydrogens (primary N) is 1. The maximum absolute atomic E-state index is 12.7. The Bertz CT molecular complexity index is 542. The summed E-state index contributed by atoms with van der Waals surface area (Å²) < 4.78 is 26.9. The highest BCUT2D eigenvalue weighted by atomic mass is 32.2. The molecule has 120 valence electrons.